The molecule has 10 nitrogen and oxygen atoms in total. The largest absolute Gasteiger partial charge is 0.481 e. The lowest BCUT2D eigenvalue weighted by Crippen LogP contribution is -2.45. The fourth-order valence-corrected chi connectivity index (χ4v) is 3.29. The average molecular weight is 522 g/mol. The van der Waals surface area contributed by atoms with Crippen LogP contribution in [0.5, 0.6) is 5.88 Å². The van der Waals surface area contributed by atoms with Crippen molar-refractivity contribution in [3.8, 4) is 22.8 Å². The van der Waals surface area contributed by atoms with Gasteiger partial charge in [0.2, 0.25) is 17.7 Å². The molecule has 2 amide bonds. The van der Waals surface area contributed by atoms with E-state index >= 15 is 0 Å². The van der Waals surface area contributed by atoms with Crippen molar-refractivity contribution < 1.29 is 24.2 Å². The van der Waals surface area contributed by atoms with Gasteiger partial charge in [-0.05, 0) is 36.8 Å². The maximum Gasteiger partial charge on any atom is 0.305 e. The van der Waals surface area contributed by atoms with E-state index in [1.54, 1.807) is 47.4 Å². The highest BCUT2D eigenvalue weighted by atomic mass is 35.5. The second kappa shape index (κ2) is 12.7. The standard InChI is InChI=1S/C22H21Cl2N5O5.CH4/c23-15-6-5-14(9-16(15)24)29-20(10-17(28-29)13-3-1-7-26-12-13)34-8-2-4-19(30)27-18(22(25)33)11-21(31)32;/h1,3,5-7,9-10,12,18H,2,4,8,11H2,(H2,25,33)(H,27,30)(H,31,32);1H4/t18-;/m0./s1. The summed E-state index contributed by atoms with van der Waals surface area (Å²) in [5, 5.41) is 16.5. The van der Waals surface area contributed by atoms with Crippen LogP contribution in [0.25, 0.3) is 16.9 Å². The van der Waals surface area contributed by atoms with Crippen molar-refractivity contribution in [2.75, 3.05) is 6.61 Å². The van der Waals surface area contributed by atoms with Crippen LogP contribution in [0, 0.1) is 0 Å². The van der Waals surface area contributed by atoms with Crippen molar-refractivity contribution in [3.63, 3.8) is 0 Å². The molecule has 0 fully saturated rings. The van der Waals surface area contributed by atoms with Gasteiger partial charge >= 0.3 is 5.97 Å². The summed E-state index contributed by atoms with van der Waals surface area (Å²) in [6.07, 6.45) is 3.03. The normalized spacial score (nSPS) is 11.3. The van der Waals surface area contributed by atoms with Crippen LogP contribution in [-0.4, -0.2) is 50.3 Å². The monoisotopic (exact) mass is 521 g/mol. The Morgan fingerprint density at radius 1 is 1.17 bits per heavy atom. The van der Waals surface area contributed by atoms with E-state index in [0.717, 1.165) is 5.56 Å². The molecule has 2 heterocycles. The summed E-state index contributed by atoms with van der Waals surface area (Å²) >= 11 is 12.2. The summed E-state index contributed by atoms with van der Waals surface area (Å²) in [7, 11) is 0. The second-order valence-corrected chi connectivity index (χ2v) is 8.01. The second-order valence-electron chi connectivity index (χ2n) is 7.19. The first-order valence-corrected chi connectivity index (χ1v) is 10.9. The van der Waals surface area contributed by atoms with Crippen LogP contribution >= 0.6 is 23.2 Å². The summed E-state index contributed by atoms with van der Waals surface area (Å²) in [5.74, 6) is -2.27. The first kappa shape index (κ1) is 27.6. The SMILES string of the molecule is C.NC(=O)[C@H](CC(=O)O)NC(=O)CCCOc1cc(-c2cccnc2)nn1-c1ccc(Cl)c(Cl)c1. The van der Waals surface area contributed by atoms with E-state index in [-0.39, 0.29) is 20.5 Å². The molecular formula is C23H25Cl2N5O5. The van der Waals surface area contributed by atoms with Crippen molar-refractivity contribution >= 4 is 41.0 Å². The minimum atomic E-state index is -1.27. The summed E-state index contributed by atoms with van der Waals surface area (Å²) in [6, 6.07) is 9.13. The van der Waals surface area contributed by atoms with E-state index in [1.165, 1.54) is 0 Å². The van der Waals surface area contributed by atoms with E-state index in [2.05, 4.69) is 15.4 Å². The van der Waals surface area contributed by atoms with Crippen molar-refractivity contribution in [1.29, 1.82) is 0 Å². The average Bonchev–Trinajstić information content (AvgIpc) is 3.22. The molecule has 2 aromatic heterocycles. The predicted octanol–water partition coefficient (Wildman–Crippen LogP) is 3.48. The molecular weight excluding hydrogens is 497 g/mol. The van der Waals surface area contributed by atoms with Gasteiger partial charge in [-0.25, -0.2) is 4.68 Å². The van der Waals surface area contributed by atoms with Crippen molar-refractivity contribution in [3.05, 3.63) is 58.8 Å². The molecule has 186 valence electrons. The van der Waals surface area contributed by atoms with Gasteiger partial charge in [-0.2, -0.15) is 5.10 Å². The lowest BCUT2D eigenvalue weighted by atomic mass is 10.2. The van der Waals surface area contributed by atoms with Crippen LogP contribution in [0.4, 0.5) is 0 Å². The first-order valence-electron chi connectivity index (χ1n) is 10.1. The number of carbonyl (C=O) groups is 3. The van der Waals surface area contributed by atoms with E-state index < -0.39 is 30.2 Å². The van der Waals surface area contributed by atoms with Gasteiger partial charge in [0.1, 0.15) is 6.04 Å². The highest BCUT2D eigenvalue weighted by molar-refractivity contribution is 6.42. The maximum absolute atomic E-state index is 12.1. The van der Waals surface area contributed by atoms with Gasteiger partial charge in [-0.3, -0.25) is 19.4 Å². The third-order valence-corrected chi connectivity index (χ3v) is 5.38. The van der Waals surface area contributed by atoms with Crippen molar-refractivity contribution in [2.45, 2.75) is 32.7 Å². The van der Waals surface area contributed by atoms with Crippen LogP contribution in [0.3, 0.4) is 0 Å². The van der Waals surface area contributed by atoms with E-state index in [1.807, 2.05) is 6.07 Å². The molecule has 0 unspecified atom stereocenters. The van der Waals surface area contributed by atoms with Gasteiger partial charge < -0.3 is 20.9 Å². The summed E-state index contributed by atoms with van der Waals surface area (Å²) in [4.78, 5) is 38.3. The number of pyridine rings is 1. The molecule has 1 aromatic carbocycles. The number of carboxylic acids is 1. The number of benzene rings is 1. The zero-order chi connectivity index (χ0) is 24.7. The molecule has 3 aromatic rings. The van der Waals surface area contributed by atoms with Crippen molar-refractivity contribution in [2.24, 2.45) is 5.73 Å². The number of ether oxygens (including phenoxy) is 1. The number of primary amides is 1. The van der Waals surface area contributed by atoms with Gasteiger partial charge in [0.25, 0.3) is 0 Å². The number of nitrogens with zero attached hydrogens (tertiary/aromatic N) is 3. The van der Waals surface area contributed by atoms with Crippen LogP contribution in [0.15, 0.2) is 48.8 Å². The number of amides is 2. The number of rotatable bonds is 11. The van der Waals surface area contributed by atoms with Crippen molar-refractivity contribution in [1.82, 2.24) is 20.1 Å². The maximum atomic E-state index is 12.1. The zero-order valence-corrected chi connectivity index (χ0v) is 19.3. The van der Waals surface area contributed by atoms with Crippen LogP contribution in [-0.2, 0) is 14.4 Å². The number of nitrogens with one attached hydrogen (secondary N) is 1. The van der Waals surface area contributed by atoms with Gasteiger partial charge in [-0.1, -0.05) is 30.6 Å². The van der Waals surface area contributed by atoms with E-state index in [9.17, 15) is 14.4 Å². The van der Waals surface area contributed by atoms with Crippen LogP contribution in [0.2, 0.25) is 10.0 Å². The highest BCUT2D eigenvalue weighted by Crippen LogP contribution is 2.29. The minimum absolute atomic E-state index is 0. The quantitative estimate of drug-likeness (QED) is 0.327. The number of hydrogen-bond acceptors (Lipinski definition) is 6. The number of aliphatic carboxylic acids is 1. The third kappa shape index (κ3) is 7.69. The Morgan fingerprint density at radius 2 is 1.94 bits per heavy atom. The fraction of sp³-hybridized carbons (Fsp3) is 0.261. The number of carbonyl (C=O) groups excluding carboxylic acids is 2. The Bertz CT molecular complexity index is 1190. The molecule has 1 atom stereocenters. The zero-order valence-electron chi connectivity index (χ0n) is 17.8. The molecule has 3 rings (SSSR count). The molecule has 0 saturated carbocycles. The molecule has 0 saturated heterocycles. The lowest BCUT2D eigenvalue weighted by molar-refractivity contribution is -0.140. The first-order chi connectivity index (χ1) is 16.2. The minimum Gasteiger partial charge on any atom is -0.481 e. The molecule has 0 aliphatic heterocycles. The molecule has 0 radical (unpaired) electrons. The number of halogens is 2. The van der Waals surface area contributed by atoms with E-state index in [4.69, 9.17) is 38.8 Å². The van der Waals surface area contributed by atoms with Crippen LogP contribution in [0.1, 0.15) is 26.7 Å². The van der Waals surface area contributed by atoms with Crippen LogP contribution < -0.4 is 15.8 Å². The Balaban J connectivity index is 0.00000432. The molecule has 0 spiro atoms. The van der Waals surface area contributed by atoms with Gasteiger partial charge in [0.05, 0.1) is 34.5 Å². The summed E-state index contributed by atoms with van der Waals surface area (Å²) in [6.45, 7) is 0.146. The Kier molecular flexibility index (Phi) is 10.0. The Morgan fingerprint density at radius 3 is 2.57 bits per heavy atom. The molecule has 0 bridgehead atoms. The number of nitrogens with two attached hydrogens (primary N) is 1. The van der Waals surface area contributed by atoms with Gasteiger partial charge in [0.15, 0.2) is 0 Å². The predicted molar refractivity (Wildman–Crippen MR) is 132 cm³/mol. The lowest BCUT2D eigenvalue weighted by Gasteiger charge is -2.13. The Hall–Kier alpha value is -3.63. The topological polar surface area (TPSA) is 149 Å². The Labute approximate surface area is 212 Å². The molecule has 4 N–H and O–H groups in total. The fourth-order valence-electron chi connectivity index (χ4n) is 3.00. The number of carboxylic acid groups (broad SMARTS) is 1. The molecule has 0 aliphatic carbocycles. The summed E-state index contributed by atoms with van der Waals surface area (Å²) < 4.78 is 7.43. The molecule has 0 aliphatic rings. The molecule has 12 heteroatoms. The smallest absolute Gasteiger partial charge is 0.305 e. The number of hydrogen-bond donors (Lipinski definition) is 3. The third-order valence-electron chi connectivity index (χ3n) is 4.64. The molecule has 35 heavy (non-hydrogen) atoms. The van der Waals surface area contributed by atoms with Gasteiger partial charge in [0, 0.05) is 30.4 Å². The number of aromatic nitrogens is 3. The summed E-state index contributed by atoms with van der Waals surface area (Å²) in [5.41, 5.74) is 7.15. The highest BCUT2D eigenvalue weighted by Gasteiger charge is 2.21. The van der Waals surface area contributed by atoms with Gasteiger partial charge in [-0.15, -0.1) is 0 Å². The van der Waals surface area contributed by atoms with E-state index in [0.29, 0.717) is 33.7 Å².